The SMILES string of the molecule is N#Cc1cccc(C2(O)C(C3CCC3)N(c3ccc(Cl)cc3)C(=O)N2c2ccc(Cl)cc2)c1. The highest BCUT2D eigenvalue weighted by atomic mass is 35.5. The van der Waals surface area contributed by atoms with Crippen LogP contribution in [-0.4, -0.2) is 17.2 Å². The van der Waals surface area contributed by atoms with Gasteiger partial charge in [-0.2, -0.15) is 5.26 Å². The molecule has 2 fully saturated rings. The molecule has 5 nitrogen and oxygen atoms in total. The minimum Gasteiger partial charge on any atom is -0.365 e. The molecule has 1 aliphatic carbocycles. The molecule has 7 heteroatoms. The summed E-state index contributed by atoms with van der Waals surface area (Å²) in [7, 11) is 0. The van der Waals surface area contributed by atoms with Crippen LogP contribution in [0.4, 0.5) is 16.2 Å². The molecular formula is C26H21Cl2N3O2. The number of benzene rings is 3. The van der Waals surface area contributed by atoms with Crippen molar-refractivity contribution < 1.29 is 9.90 Å². The molecule has 2 aliphatic rings. The van der Waals surface area contributed by atoms with Crippen molar-refractivity contribution in [3.63, 3.8) is 0 Å². The van der Waals surface area contributed by atoms with Crippen LogP contribution < -0.4 is 9.80 Å². The second kappa shape index (κ2) is 8.39. The summed E-state index contributed by atoms with van der Waals surface area (Å²) in [4.78, 5) is 17.1. The number of aliphatic hydroxyl groups is 1. The van der Waals surface area contributed by atoms with E-state index in [1.807, 2.05) is 0 Å². The second-order valence-electron chi connectivity index (χ2n) is 8.50. The predicted octanol–water partition coefficient (Wildman–Crippen LogP) is 6.33. The van der Waals surface area contributed by atoms with Gasteiger partial charge in [0.2, 0.25) is 0 Å². The minimum absolute atomic E-state index is 0.0951. The Morgan fingerprint density at radius 2 is 1.55 bits per heavy atom. The van der Waals surface area contributed by atoms with Crippen molar-refractivity contribution in [2.45, 2.75) is 31.0 Å². The lowest BCUT2D eigenvalue weighted by molar-refractivity contribution is -0.00141. The molecule has 33 heavy (non-hydrogen) atoms. The van der Waals surface area contributed by atoms with Crippen LogP contribution in [-0.2, 0) is 5.72 Å². The Morgan fingerprint density at radius 3 is 2.09 bits per heavy atom. The Morgan fingerprint density at radius 1 is 0.939 bits per heavy atom. The van der Waals surface area contributed by atoms with E-state index in [9.17, 15) is 15.2 Å². The lowest BCUT2D eigenvalue weighted by atomic mass is 9.73. The van der Waals surface area contributed by atoms with Crippen LogP contribution in [0.5, 0.6) is 0 Å². The molecule has 1 saturated heterocycles. The number of hydrogen-bond acceptors (Lipinski definition) is 3. The predicted molar refractivity (Wildman–Crippen MR) is 129 cm³/mol. The average molecular weight is 478 g/mol. The van der Waals surface area contributed by atoms with Gasteiger partial charge in [-0.05, 0) is 79.4 Å². The number of anilines is 2. The average Bonchev–Trinajstić information content (AvgIpc) is 3.02. The summed E-state index contributed by atoms with van der Waals surface area (Å²) < 4.78 is 0. The van der Waals surface area contributed by atoms with E-state index in [-0.39, 0.29) is 11.9 Å². The summed E-state index contributed by atoms with van der Waals surface area (Å²) in [5.41, 5.74) is 0.408. The Bertz CT molecular complexity index is 1240. The first kappa shape index (κ1) is 21.8. The summed E-state index contributed by atoms with van der Waals surface area (Å²) in [6.07, 6.45) is 2.84. The van der Waals surface area contributed by atoms with Crippen LogP contribution in [0, 0.1) is 17.2 Å². The first-order valence-electron chi connectivity index (χ1n) is 10.8. The smallest absolute Gasteiger partial charge is 0.332 e. The molecule has 0 bridgehead atoms. The van der Waals surface area contributed by atoms with E-state index < -0.39 is 11.8 Å². The molecule has 166 valence electrons. The molecule has 2 unspecified atom stereocenters. The number of carbonyl (C=O) groups is 1. The molecule has 1 N–H and O–H groups in total. The van der Waals surface area contributed by atoms with Gasteiger partial charge in [0.1, 0.15) is 0 Å². The van der Waals surface area contributed by atoms with Crippen molar-refractivity contribution in [1.82, 2.24) is 0 Å². The van der Waals surface area contributed by atoms with Gasteiger partial charge in [0.25, 0.3) is 0 Å². The first-order valence-corrected chi connectivity index (χ1v) is 11.6. The molecule has 0 radical (unpaired) electrons. The van der Waals surface area contributed by atoms with E-state index in [4.69, 9.17) is 23.2 Å². The number of rotatable bonds is 4. The maximum Gasteiger partial charge on any atom is 0.332 e. The van der Waals surface area contributed by atoms with E-state index in [0.29, 0.717) is 32.5 Å². The number of hydrogen-bond donors (Lipinski definition) is 1. The fourth-order valence-electron chi connectivity index (χ4n) is 4.87. The molecule has 0 aromatic heterocycles. The standard InChI is InChI=1S/C26H21Cl2N3O2/c27-20-7-11-22(12-8-20)30-24(18-4-2-5-18)26(33,19-6-1-3-17(15-19)16-29)31(25(30)32)23-13-9-21(28)10-14-23/h1,3,6-15,18,24,33H,2,4-5H2. The van der Waals surface area contributed by atoms with Gasteiger partial charge in [-0.15, -0.1) is 0 Å². The van der Waals surface area contributed by atoms with E-state index in [0.717, 1.165) is 19.3 Å². The fourth-order valence-corrected chi connectivity index (χ4v) is 5.12. The van der Waals surface area contributed by atoms with Gasteiger partial charge in [-0.1, -0.05) is 41.8 Å². The van der Waals surface area contributed by atoms with Crippen LogP contribution in [0.25, 0.3) is 0 Å². The third-order valence-electron chi connectivity index (χ3n) is 6.63. The monoisotopic (exact) mass is 477 g/mol. The fraction of sp³-hybridized carbons (Fsp3) is 0.231. The quantitative estimate of drug-likeness (QED) is 0.477. The van der Waals surface area contributed by atoms with Gasteiger partial charge in [0.15, 0.2) is 5.72 Å². The second-order valence-corrected chi connectivity index (χ2v) is 9.37. The van der Waals surface area contributed by atoms with Crippen molar-refractivity contribution in [1.29, 1.82) is 5.26 Å². The normalized spacial score (nSPS) is 22.8. The van der Waals surface area contributed by atoms with Crippen LogP contribution in [0.1, 0.15) is 30.4 Å². The van der Waals surface area contributed by atoms with Crippen LogP contribution >= 0.6 is 23.2 Å². The highest BCUT2D eigenvalue weighted by Crippen LogP contribution is 2.51. The summed E-state index contributed by atoms with van der Waals surface area (Å²) in [6.45, 7) is 0. The first-order chi connectivity index (χ1) is 15.9. The van der Waals surface area contributed by atoms with Crippen LogP contribution in [0.2, 0.25) is 10.0 Å². The molecule has 1 aliphatic heterocycles. The molecule has 3 aromatic carbocycles. The lowest BCUT2D eigenvalue weighted by Crippen LogP contribution is -2.54. The van der Waals surface area contributed by atoms with Gasteiger partial charge in [0.05, 0.1) is 17.7 Å². The molecular weight excluding hydrogens is 457 g/mol. The van der Waals surface area contributed by atoms with Crippen LogP contribution in [0.15, 0.2) is 72.8 Å². The minimum atomic E-state index is -1.69. The number of carbonyl (C=O) groups excluding carboxylic acids is 1. The van der Waals surface area contributed by atoms with Gasteiger partial charge < -0.3 is 5.11 Å². The van der Waals surface area contributed by atoms with Crippen molar-refractivity contribution in [2.75, 3.05) is 9.80 Å². The van der Waals surface area contributed by atoms with Crippen molar-refractivity contribution in [3.8, 4) is 6.07 Å². The van der Waals surface area contributed by atoms with E-state index >= 15 is 0 Å². The van der Waals surface area contributed by atoms with E-state index in [1.54, 1.807) is 77.7 Å². The molecule has 0 spiro atoms. The number of nitriles is 1. The van der Waals surface area contributed by atoms with Gasteiger partial charge in [-0.3, -0.25) is 9.80 Å². The lowest BCUT2D eigenvalue weighted by Gasteiger charge is -2.44. The highest BCUT2D eigenvalue weighted by molar-refractivity contribution is 6.31. The summed E-state index contributed by atoms with van der Waals surface area (Å²) >= 11 is 12.2. The van der Waals surface area contributed by atoms with Gasteiger partial charge in [0, 0.05) is 27.0 Å². The zero-order chi connectivity index (χ0) is 23.2. The van der Waals surface area contributed by atoms with E-state index in [2.05, 4.69) is 6.07 Å². The molecule has 2 amide bonds. The third kappa shape index (κ3) is 3.55. The largest absolute Gasteiger partial charge is 0.365 e. The van der Waals surface area contributed by atoms with Crippen LogP contribution in [0.3, 0.4) is 0 Å². The molecule has 1 heterocycles. The van der Waals surface area contributed by atoms with Crippen molar-refractivity contribution in [2.24, 2.45) is 5.92 Å². The Kier molecular flexibility index (Phi) is 5.54. The molecule has 5 rings (SSSR count). The topological polar surface area (TPSA) is 67.6 Å². The molecule has 3 aromatic rings. The summed E-state index contributed by atoms with van der Waals surface area (Å²) in [5.74, 6) is 0.0951. The Balaban J connectivity index is 1.75. The highest BCUT2D eigenvalue weighted by Gasteiger charge is 2.61. The maximum atomic E-state index is 14.0. The Hall–Kier alpha value is -3.04. The zero-order valence-electron chi connectivity index (χ0n) is 17.7. The summed E-state index contributed by atoms with van der Waals surface area (Å²) in [6, 6.07) is 22.0. The van der Waals surface area contributed by atoms with E-state index in [1.165, 1.54) is 4.90 Å². The number of nitrogens with zero attached hydrogens (tertiary/aromatic N) is 3. The van der Waals surface area contributed by atoms with Gasteiger partial charge in [-0.25, -0.2) is 4.79 Å². The zero-order valence-corrected chi connectivity index (χ0v) is 19.2. The maximum absolute atomic E-state index is 14.0. The third-order valence-corrected chi connectivity index (χ3v) is 7.14. The van der Waals surface area contributed by atoms with Crippen molar-refractivity contribution in [3.05, 3.63) is 94.0 Å². The summed E-state index contributed by atoms with van der Waals surface area (Å²) in [5, 5.41) is 23.1. The van der Waals surface area contributed by atoms with Crippen molar-refractivity contribution >= 4 is 40.6 Å². The number of halogens is 2. The Labute approximate surface area is 202 Å². The molecule has 1 saturated carbocycles. The molecule has 2 atom stereocenters. The van der Waals surface area contributed by atoms with Gasteiger partial charge >= 0.3 is 6.03 Å². The number of amides is 2. The number of urea groups is 1.